The van der Waals surface area contributed by atoms with Gasteiger partial charge in [-0.25, -0.2) is 0 Å². The standard InChI is InChI=1S/C14H26N2OS/c1-14(13(15)17,16-11-7-8-11)9-10-18-12-5-3-2-4-6-12/h11-12,16H,2-10H2,1H3,(H2,15,17). The SMILES string of the molecule is CC(CCSC1CCCCC1)(NC1CC1)C(N)=O. The van der Waals surface area contributed by atoms with Gasteiger partial charge in [-0.3, -0.25) is 4.79 Å². The van der Waals surface area contributed by atoms with E-state index in [2.05, 4.69) is 5.32 Å². The van der Waals surface area contributed by atoms with Crippen LogP contribution in [0.25, 0.3) is 0 Å². The van der Waals surface area contributed by atoms with Gasteiger partial charge in [-0.2, -0.15) is 11.8 Å². The smallest absolute Gasteiger partial charge is 0.237 e. The molecule has 3 N–H and O–H groups in total. The zero-order valence-electron chi connectivity index (χ0n) is 11.4. The van der Waals surface area contributed by atoms with Gasteiger partial charge in [-0.15, -0.1) is 0 Å². The number of carbonyl (C=O) groups excluding carboxylic acids is 1. The molecule has 0 radical (unpaired) electrons. The van der Waals surface area contributed by atoms with Crippen LogP contribution in [0, 0.1) is 0 Å². The van der Waals surface area contributed by atoms with Crippen molar-refractivity contribution in [1.82, 2.24) is 5.32 Å². The van der Waals surface area contributed by atoms with Gasteiger partial charge in [0.25, 0.3) is 0 Å². The van der Waals surface area contributed by atoms with Crippen LogP contribution in [0.5, 0.6) is 0 Å². The van der Waals surface area contributed by atoms with Gasteiger partial charge in [0.15, 0.2) is 0 Å². The van der Waals surface area contributed by atoms with Crippen LogP contribution in [0.1, 0.15) is 58.3 Å². The summed E-state index contributed by atoms with van der Waals surface area (Å²) in [6.45, 7) is 1.97. The Hall–Kier alpha value is -0.220. The number of nitrogens with two attached hydrogens (primary N) is 1. The third-order valence-corrected chi connectivity index (χ3v) is 5.53. The topological polar surface area (TPSA) is 55.1 Å². The molecule has 104 valence electrons. The molecule has 0 aromatic rings. The molecule has 0 saturated heterocycles. The maximum Gasteiger partial charge on any atom is 0.237 e. The molecule has 1 unspecified atom stereocenters. The van der Waals surface area contributed by atoms with Gasteiger partial charge in [0, 0.05) is 11.3 Å². The maximum atomic E-state index is 11.6. The minimum atomic E-state index is -0.497. The molecule has 18 heavy (non-hydrogen) atoms. The molecule has 3 nitrogen and oxygen atoms in total. The van der Waals surface area contributed by atoms with Gasteiger partial charge in [0.1, 0.15) is 0 Å². The lowest BCUT2D eigenvalue weighted by atomic mass is 9.98. The lowest BCUT2D eigenvalue weighted by Crippen LogP contribution is -2.54. The largest absolute Gasteiger partial charge is 0.368 e. The van der Waals surface area contributed by atoms with E-state index in [0.29, 0.717) is 6.04 Å². The summed E-state index contributed by atoms with van der Waals surface area (Å²) in [7, 11) is 0. The molecule has 0 aromatic carbocycles. The lowest BCUT2D eigenvalue weighted by Gasteiger charge is -2.29. The summed E-state index contributed by atoms with van der Waals surface area (Å²) in [5.74, 6) is 0.850. The van der Waals surface area contributed by atoms with Crippen molar-refractivity contribution in [3.8, 4) is 0 Å². The molecule has 2 rings (SSSR count). The predicted octanol–water partition coefficient (Wildman–Crippen LogP) is 2.44. The van der Waals surface area contributed by atoms with E-state index in [9.17, 15) is 4.79 Å². The molecule has 0 aromatic heterocycles. The van der Waals surface area contributed by atoms with Crippen LogP contribution in [0.2, 0.25) is 0 Å². The van der Waals surface area contributed by atoms with E-state index in [1.165, 1.54) is 44.9 Å². The number of rotatable bonds is 7. The minimum absolute atomic E-state index is 0.196. The van der Waals surface area contributed by atoms with Crippen LogP contribution >= 0.6 is 11.8 Å². The van der Waals surface area contributed by atoms with Crippen LogP contribution in [-0.4, -0.2) is 28.5 Å². The van der Waals surface area contributed by atoms with Crippen LogP contribution in [0.4, 0.5) is 0 Å². The Morgan fingerprint density at radius 1 is 1.28 bits per heavy atom. The van der Waals surface area contributed by atoms with Crippen molar-refractivity contribution in [3.63, 3.8) is 0 Å². The van der Waals surface area contributed by atoms with E-state index in [0.717, 1.165) is 17.4 Å². The summed E-state index contributed by atoms with van der Waals surface area (Å²) in [5.41, 5.74) is 5.06. The van der Waals surface area contributed by atoms with Crippen molar-refractivity contribution < 1.29 is 4.79 Å². The molecule has 4 heteroatoms. The first-order valence-electron chi connectivity index (χ1n) is 7.29. The Bertz CT molecular complexity index is 288. The number of thioether (sulfide) groups is 1. The second-order valence-electron chi connectivity index (χ2n) is 6.00. The van der Waals surface area contributed by atoms with Gasteiger partial charge in [-0.05, 0) is 44.8 Å². The molecule has 2 fully saturated rings. The number of carbonyl (C=O) groups is 1. The van der Waals surface area contributed by atoms with Crippen LogP contribution < -0.4 is 11.1 Å². The zero-order valence-corrected chi connectivity index (χ0v) is 12.2. The second-order valence-corrected chi connectivity index (χ2v) is 7.40. The summed E-state index contributed by atoms with van der Waals surface area (Å²) >= 11 is 2.04. The van der Waals surface area contributed by atoms with E-state index in [-0.39, 0.29) is 5.91 Å². The highest BCUT2D eigenvalue weighted by atomic mass is 32.2. The monoisotopic (exact) mass is 270 g/mol. The average molecular weight is 270 g/mol. The fraction of sp³-hybridized carbons (Fsp3) is 0.929. The summed E-state index contributed by atoms with van der Waals surface area (Å²) in [5, 5.41) is 4.23. The molecular weight excluding hydrogens is 244 g/mol. The average Bonchev–Trinajstić information content (AvgIpc) is 3.14. The minimum Gasteiger partial charge on any atom is -0.368 e. The van der Waals surface area contributed by atoms with E-state index >= 15 is 0 Å². The Morgan fingerprint density at radius 3 is 2.50 bits per heavy atom. The van der Waals surface area contributed by atoms with E-state index in [1.807, 2.05) is 18.7 Å². The number of hydrogen-bond donors (Lipinski definition) is 2. The Labute approximate surface area is 115 Å². The van der Waals surface area contributed by atoms with Crippen molar-refractivity contribution in [2.75, 3.05) is 5.75 Å². The Balaban J connectivity index is 1.72. The van der Waals surface area contributed by atoms with Gasteiger partial charge in [-0.1, -0.05) is 19.3 Å². The molecular formula is C14H26N2OS. The third kappa shape index (κ3) is 4.16. The van der Waals surface area contributed by atoms with E-state index < -0.39 is 5.54 Å². The number of amides is 1. The second kappa shape index (κ2) is 6.29. The number of hydrogen-bond acceptors (Lipinski definition) is 3. The normalized spacial score (nSPS) is 24.7. The first-order valence-corrected chi connectivity index (χ1v) is 8.34. The first kappa shape index (κ1) is 14.2. The number of nitrogens with one attached hydrogen (secondary N) is 1. The van der Waals surface area contributed by atoms with Crippen LogP contribution in [0.3, 0.4) is 0 Å². The van der Waals surface area contributed by atoms with Gasteiger partial charge in [0.05, 0.1) is 5.54 Å². The molecule has 2 aliphatic carbocycles. The van der Waals surface area contributed by atoms with Gasteiger partial charge >= 0.3 is 0 Å². The fourth-order valence-electron chi connectivity index (χ4n) is 2.61. The Morgan fingerprint density at radius 2 is 1.94 bits per heavy atom. The van der Waals surface area contributed by atoms with Crippen molar-refractivity contribution in [3.05, 3.63) is 0 Å². The molecule has 1 atom stereocenters. The zero-order chi connectivity index (χ0) is 13.0. The Kier molecular flexibility index (Phi) is 4.96. The van der Waals surface area contributed by atoms with Crippen molar-refractivity contribution >= 4 is 17.7 Å². The molecule has 2 aliphatic rings. The van der Waals surface area contributed by atoms with Crippen molar-refractivity contribution in [1.29, 1.82) is 0 Å². The number of primary amides is 1. The lowest BCUT2D eigenvalue weighted by molar-refractivity contribution is -0.124. The fourth-order valence-corrected chi connectivity index (χ4v) is 4.13. The third-order valence-electron chi connectivity index (χ3n) is 4.15. The molecule has 0 aliphatic heterocycles. The summed E-state index contributed by atoms with van der Waals surface area (Å²) in [6, 6.07) is 0.530. The van der Waals surface area contributed by atoms with Crippen LogP contribution in [0.15, 0.2) is 0 Å². The van der Waals surface area contributed by atoms with Gasteiger partial charge in [0.2, 0.25) is 5.91 Å². The molecule has 0 bridgehead atoms. The van der Waals surface area contributed by atoms with E-state index in [1.54, 1.807) is 0 Å². The van der Waals surface area contributed by atoms with E-state index in [4.69, 9.17) is 5.73 Å². The maximum absolute atomic E-state index is 11.6. The van der Waals surface area contributed by atoms with Crippen molar-refractivity contribution in [2.24, 2.45) is 5.73 Å². The molecule has 0 spiro atoms. The summed E-state index contributed by atoms with van der Waals surface area (Å²) < 4.78 is 0. The molecule has 0 heterocycles. The molecule has 2 saturated carbocycles. The summed E-state index contributed by atoms with van der Waals surface area (Å²) in [6.07, 6.45) is 10.1. The highest BCUT2D eigenvalue weighted by Gasteiger charge is 2.36. The van der Waals surface area contributed by atoms with Gasteiger partial charge < -0.3 is 11.1 Å². The highest BCUT2D eigenvalue weighted by molar-refractivity contribution is 7.99. The quantitative estimate of drug-likeness (QED) is 0.747. The molecule has 1 amide bonds. The summed E-state index contributed by atoms with van der Waals surface area (Å²) in [4.78, 5) is 11.6. The van der Waals surface area contributed by atoms with Crippen LogP contribution in [-0.2, 0) is 4.79 Å². The first-order chi connectivity index (χ1) is 8.60. The van der Waals surface area contributed by atoms with Crippen molar-refractivity contribution in [2.45, 2.75) is 75.1 Å². The highest BCUT2D eigenvalue weighted by Crippen LogP contribution is 2.30. The predicted molar refractivity (Wildman–Crippen MR) is 77.7 cm³/mol.